The molecule has 3 rings (SSSR count). The molecule has 0 radical (unpaired) electrons. The molecule has 0 aromatic heterocycles. The topological polar surface area (TPSA) is 78.8 Å². The summed E-state index contributed by atoms with van der Waals surface area (Å²) in [6.45, 7) is 3.90. The number of rotatable bonds is 7. The number of carbonyl (C=O) groups is 1. The first-order valence-electron chi connectivity index (χ1n) is 9.96. The van der Waals surface area contributed by atoms with Crippen LogP contribution in [-0.2, 0) is 14.8 Å². The van der Waals surface area contributed by atoms with Crippen molar-refractivity contribution in [3.05, 3.63) is 65.5 Å². The molecule has 0 spiro atoms. The molecular weight excluding hydrogens is 405 g/mol. The number of hydrogen-bond donors (Lipinski definition) is 1. The number of sulfonamides is 1. The van der Waals surface area contributed by atoms with E-state index >= 15 is 0 Å². The van der Waals surface area contributed by atoms with Gasteiger partial charge in [-0.25, -0.2) is 17.8 Å². The Morgan fingerprint density at radius 3 is 2.53 bits per heavy atom. The van der Waals surface area contributed by atoms with E-state index in [-0.39, 0.29) is 17.6 Å². The van der Waals surface area contributed by atoms with Crippen LogP contribution in [-0.4, -0.2) is 31.3 Å². The number of benzene rings is 2. The van der Waals surface area contributed by atoms with Crippen molar-refractivity contribution in [2.45, 2.75) is 39.2 Å². The van der Waals surface area contributed by atoms with Gasteiger partial charge in [-0.15, -0.1) is 0 Å². The minimum atomic E-state index is -3.42. The van der Waals surface area contributed by atoms with E-state index in [1.54, 1.807) is 42.5 Å². The zero-order valence-electron chi connectivity index (χ0n) is 17.3. The lowest BCUT2D eigenvalue weighted by atomic mass is 9.96. The quantitative estimate of drug-likeness (QED) is 0.709. The lowest BCUT2D eigenvalue weighted by molar-refractivity contribution is -0.137. The van der Waals surface area contributed by atoms with E-state index in [4.69, 9.17) is 0 Å². The van der Waals surface area contributed by atoms with Gasteiger partial charge in [-0.1, -0.05) is 44.2 Å². The summed E-state index contributed by atoms with van der Waals surface area (Å²) in [7, 11) is -3.42. The van der Waals surface area contributed by atoms with Crippen LogP contribution < -0.4 is 4.72 Å². The Bertz CT molecular complexity index is 1060. The fourth-order valence-corrected chi connectivity index (χ4v) is 4.23. The predicted molar refractivity (Wildman–Crippen MR) is 116 cm³/mol. The van der Waals surface area contributed by atoms with Gasteiger partial charge in [0, 0.05) is 23.6 Å². The van der Waals surface area contributed by atoms with Crippen molar-refractivity contribution in [2.75, 3.05) is 11.0 Å². The average Bonchev–Trinajstić information content (AvgIpc) is 3.13. The van der Waals surface area contributed by atoms with Crippen LogP contribution in [0, 0.1) is 11.7 Å². The van der Waals surface area contributed by atoms with Crippen LogP contribution >= 0.6 is 0 Å². The van der Waals surface area contributed by atoms with Gasteiger partial charge in [-0.3, -0.25) is 9.52 Å². The van der Waals surface area contributed by atoms with E-state index in [1.807, 2.05) is 13.8 Å². The fourth-order valence-electron chi connectivity index (χ4n) is 3.68. The minimum Gasteiger partial charge on any atom is -0.284 e. The second-order valence-corrected chi connectivity index (χ2v) is 9.19. The molecule has 1 atom stereocenters. The third-order valence-electron chi connectivity index (χ3n) is 5.23. The number of hydrogen-bond acceptors (Lipinski definition) is 4. The molecular formula is C22H26FN3O3S. The van der Waals surface area contributed by atoms with Crippen molar-refractivity contribution in [3.63, 3.8) is 0 Å². The van der Waals surface area contributed by atoms with E-state index in [1.165, 1.54) is 11.1 Å². The third-order valence-corrected chi connectivity index (χ3v) is 5.84. The summed E-state index contributed by atoms with van der Waals surface area (Å²) in [5, 5.41) is 5.97. The van der Waals surface area contributed by atoms with Gasteiger partial charge in [0.2, 0.25) is 15.9 Å². The van der Waals surface area contributed by atoms with Gasteiger partial charge >= 0.3 is 0 Å². The van der Waals surface area contributed by atoms with Crippen molar-refractivity contribution in [1.82, 2.24) is 5.01 Å². The summed E-state index contributed by atoms with van der Waals surface area (Å²) in [6, 6.07) is 12.7. The summed E-state index contributed by atoms with van der Waals surface area (Å²) in [5.74, 6) is -0.705. The van der Waals surface area contributed by atoms with Crippen LogP contribution in [0.4, 0.5) is 10.1 Å². The molecule has 160 valence electrons. The normalized spacial score (nSPS) is 16.6. The van der Waals surface area contributed by atoms with Crippen molar-refractivity contribution in [2.24, 2.45) is 11.0 Å². The van der Waals surface area contributed by atoms with E-state index in [0.29, 0.717) is 41.8 Å². The maximum Gasteiger partial charge on any atom is 0.246 e. The molecule has 0 aliphatic carbocycles. The number of nitrogens with zero attached hydrogens (tertiary/aromatic N) is 2. The largest absolute Gasteiger partial charge is 0.284 e. The van der Waals surface area contributed by atoms with E-state index in [9.17, 15) is 17.6 Å². The van der Waals surface area contributed by atoms with Crippen LogP contribution in [0.5, 0.6) is 0 Å². The van der Waals surface area contributed by atoms with Crippen LogP contribution in [0.3, 0.4) is 0 Å². The molecule has 1 aliphatic rings. The summed E-state index contributed by atoms with van der Waals surface area (Å²) in [4.78, 5) is 13.1. The maximum atomic E-state index is 14.6. The molecule has 0 saturated carbocycles. The zero-order chi connectivity index (χ0) is 21.9. The van der Waals surface area contributed by atoms with Crippen molar-refractivity contribution in [1.29, 1.82) is 0 Å². The Morgan fingerprint density at radius 1 is 1.20 bits per heavy atom. The number of hydrazone groups is 1. The molecule has 8 heteroatoms. The standard InChI is InChI=1S/C22H26FN3O3S/c1-4-15(5-2)22(27)26-21(18-11-6-7-12-19(18)23)14-20(24-26)16-9-8-10-17(13-16)25-30(3,28)29/h6-13,15,21,25H,4-5,14H2,1-3H3. The highest BCUT2D eigenvalue weighted by Gasteiger charge is 2.36. The molecule has 0 bridgehead atoms. The van der Waals surface area contributed by atoms with Crippen LogP contribution in [0.15, 0.2) is 53.6 Å². The van der Waals surface area contributed by atoms with Gasteiger partial charge < -0.3 is 0 Å². The third kappa shape index (κ3) is 4.87. The maximum absolute atomic E-state index is 14.6. The summed E-state index contributed by atoms with van der Waals surface area (Å²) < 4.78 is 40.1. The van der Waals surface area contributed by atoms with Crippen LogP contribution in [0.25, 0.3) is 0 Å². The fraction of sp³-hybridized carbons (Fsp3) is 0.364. The van der Waals surface area contributed by atoms with Gasteiger partial charge in [0.15, 0.2) is 0 Å². The number of nitrogens with one attached hydrogen (secondary N) is 1. The Kier molecular flexibility index (Phi) is 6.55. The van der Waals surface area contributed by atoms with Crippen LogP contribution in [0.1, 0.15) is 50.3 Å². The lowest BCUT2D eigenvalue weighted by Gasteiger charge is -2.25. The smallest absolute Gasteiger partial charge is 0.246 e. The second-order valence-electron chi connectivity index (χ2n) is 7.44. The highest BCUT2D eigenvalue weighted by molar-refractivity contribution is 7.92. The first kappa shape index (κ1) is 22.0. The molecule has 1 heterocycles. The molecule has 1 N–H and O–H groups in total. The first-order chi connectivity index (χ1) is 14.2. The zero-order valence-corrected chi connectivity index (χ0v) is 18.1. The highest BCUT2D eigenvalue weighted by Crippen LogP contribution is 2.36. The van der Waals surface area contributed by atoms with Gasteiger partial charge in [-0.05, 0) is 36.6 Å². The van der Waals surface area contributed by atoms with Gasteiger partial charge in [0.1, 0.15) is 5.82 Å². The van der Waals surface area contributed by atoms with E-state index in [0.717, 1.165) is 6.26 Å². The molecule has 1 unspecified atom stereocenters. The lowest BCUT2D eigenvalue weighted by Crippen LogP contribution is -2.32. The van der Waals surface area contributed by atoms with Gasteiger partial charge in [-0.2, -0.15) is 5.10 Å². The van der Waals surface area contributed by atoms with Gasteiger partial charge in [0.05, 0.1) is 18.0 Å². The van der Waals surface area contributed by atoms with Crippen molar-refractivity contribution >= 4 is 27.3 Å². The Hall–Kier alpha value is -2.74. The molecule has 1 aliphatic heterocycles. The summed E-state index contributed by atoms with van der Waals surface area (Å²) >= 11 is 0. The number of amides is 1. The van der Waals surface area contributed by atoms with Crippen molar-refractivity contribution in [3.8, 4) is 0 Å². The average molecular weight is 432 g/mol. The monoisotopic (exact) mass is 431 g/mol. The Balaban J connectivity index is 2.00. The molecule has 2 aromatic rings. The first-order valence-corrected chi connectivity index (χ1v) is 11.9. The number of carbonyl (C=O) groups excluding carboxylic acids is 1. The molecule has 0 fully saturated rings. The van der Waals surface area contributed by atoms with Crippen LogP contribution in [0.2, 0.25) is 0 Å². The van der Waals surface area contributed by atoms with Gasteiger partial charge in [0.25, 0.3) is 0 Å². The van der Waals surface area contributed by atoms with E-state index in [2.05, 4.69) is 9.82 Å². The SMILES string of the molecule is CCC(CC)C(=O)N1N=C(c2cccc(NS(C)(=O)=O)c2)CC1c1ccccc1F. The number of anilines is 1. The highest BCUT2D eigenvalue weighted by atomic mass is 32.2. The molecule has 2 aromatic carbocycles. The second kappa shape index (κ2) is 8.95. The molecule has 1 amide bonds. The Labute approximate surface area is 176 Å². The minimum absolute atomic E-state index is 0.131. The Morgan fingerprint density at radius 2 is 1.90 bits per heavy atom. The van der Waals surface area contributed by atoms with E-state index < -0.39 is 16.1 Å². The molecule has 6 nitrogen and oxygen atoms in total. The summed E-state index contributed by atoms with van der Waals surface area (Å²) in [5.41, 5.74) is 2.12. The predicted octanol–water partition coefficient (Wildman–Crippen LogP) is 4.31. The summed E-state index contributed by atoms with van der Waals surface area (Å²) in [6.07, 6.45) is 2.77. The molecule has 30 heavy (non-hydrogen) atoms. The number of halogens is 1. The molecule has 0 saturated heterocycles. The van der Waals surface area contributed by atoms with Crippen molar-refractivity contribution < 1.29 is 17.6 Å².